The van der Waals surface area contributed by atoms with Crippen molar-refractivity contribution in [1.29, 1.82) is 0 Å². The van der Waals surface area contributed by atoms with Crippen molar-refractivity contribution >= 4 is 29.6 Å². The molecule has 0 aromatic rings. The van der Waals surface area contributed by atoms with E-state index in [4.69, 9.17) is 5.11 Å². The average molecular weight is 728 g/mol. The molecule has 2 unspecified atom stereocenters. The van der Waals surface area contributed by atoms with E-state index in [1.165, 1.54) is 0 Å². The highest BCUT2D eigenvalue weighted by Crippen LogP contribution is 2.17. The van der Waals surface area contributed by atoms with Crippen LogP contribution in [0.2, 0.25) is 0 Å². The third-order valence-corrected chi connectivity index (χ3v) is 8.76. The molecule has 4 N–H and O–H groups in total. The number of Topliss-reactive ketones (excluding diaryl/α,β-unsaturated/α-hetero) is 1. The zero-order valence-electron chi connectivity index (χ0n) is 31.8. The van der Waals surface area contributed by atoms with Crippen LogP contribution >= 0.6 is 0 Å². The Hall–Kier alpha value is -4.17. The number of carboxylic acid groups (broad SMARTS) is 3. The van der Waals surface area contributed by atoms with Gasteiger partial charge in [-0.25, -0.2) is 0 Å². The summed E-state index contributed by atoms with van der Waals surface area (Å²) in [6.07, 6.45) is 18.0. The summed E-state index contributed by atoms with van der Waals surface area (Å²) in [6, 6.07) is -0.675. The third-order valence-electron chi connectivity index (χ3n) is 8.76. The molecule has 0 saturated carbocycles. The topological polar surface area (TPSA) is 171 Å². The normalized spacial score (nSPS) is 14.6. The molecule has 0 aliphatic heterocycles. The second kappa shape index (κ2) is 25.7. The van der Waals surface area contributed by atoms with Gasteiger partial charge in [0.2, 0.25) is 0 Å². The lowest BCUT2D eigenvalue weighted by molar-refractivity contribution is -0.140. The van der Waals surface area contributed by atoms with Gasteiger partial charge >= 0.3 is 17.9 Å². The van der Waals surface area contributed by atoms with Crippen molar-refractivity contribution in [2.24, 2.45) is 5.92 Å². The number of hydrogen-bond acceptors (Lipinski definition) is 9. The predicted molar refractivity (Wildman–Crippen MR) is 204 cm³/mol. The van der Waals surface area contributed by atoms with E-state index < -0.39 is 29.9 Å². The predicted octanol–water partition coefficient (Wildman–Crippen LogP) is 3.48. The van der Waals surface area contributed by atoms with Crippen molar-refractivity contribution in [3.8, 4) is 0 Å². The van der Waals surface area contributed by atoms with E-state index in [-0.39, 0.29) is 36.9 Å². The van der Waals surface area contributed by atoms with E-state index in [9.17, 15) is 34.2 Å². The Labute approximate surface area is 309 Å². The van der Waals surface area contributed by atoms with Crippen molar-refractivity contribution in [3.63, 3.8) is 0 Å². The van der Waals surface area contributed by atoms with Crippen LogP contribution in [0.25, 0.3) is 0 Å². The van der Waals surface area contributed by atoms with Gasteiger partial charge in [-0.05, 0) is 56.5 Å². The van der Waals surface area contributed by atoms with Crippen LogP contribution in [-0.2, 0) is 24.0 Å². The fraction of sp³-hybridized carbons (Fsp3) is 0.564. The first-order chi connectivity index (χ1) is 24.7. The Balaban J connectivity index is 2.87. The van der Waals surface area contributed by atoms with E-state index in [2.05, 4.69) is 18.0 Å². The standard InChI is InChI=1S/C39H61N5O8/c1-7-14-33(18-17-31(5)39(52)40-34(38(51)30(4)8-2)25-32-15-12-10-11-13-16-32)26-41(6)19-20-43(28-36(47)48)23-24-44(29-37(49)50)22-21-42(9-3)27-35(45)46/h10-12,14-18,30,34H,5,7-9,13,19-29H2,1-4,6H3,(H,40,52)(H,45,46)(H,47,48)(H,49,50)/b18-17-,33-14?. The molecule has 1 rings (SSSR count). The number of carboxylic acids is 3. The number of ketones is 1. The number of allylic oxidation sites excluding steroid dienone is 6. The maximum Gasteiger partial charge on any atom is 0.317 e. The van der Waals surface area contributed by atoms with Crippen molar-refractivity contribution in [3.05, 3.63) is 71.9 Å². The van der Waals surface area contributed by atoms with E-state index in [1.54, 1.807) is 20.8 Å². The van der Waals surface area contributed by atoms with E-state index >= 15 is 0 Å². The molecule has 0 bridgehead atoms. The molecule has 0 aromatic carbocycles. The van der Waals surface area contributed by atoms with Crippen LogP contribution in [0.15, 0.2) is 71.9 Å². The molecular formula is C39H61N5O8. The summed E-state index contributed by atoms with van der Waals surface area (Å²) < 4.78 is 0. The summed E-state index contributed by atoms with van der Waals surface area (Å²) in [7, 11) is 1.91. The first kappa shape index (κ1) is 45.9. The average Bonchev–Trinajstić information content (AvgIpc) is 3.36. The van der Waals surface area contributed by atoms with Crippen molar-refractivity contribution in [1.82, 2.24) is 24.9 Å². The Morgan fingerprint density at radius 3 is 1.92 bits per heavy atom. The van der Waals surface area contributed by atoms with Gasteiger partial charge in [0.25, 0.3) is 5.91 Å². The monoisotopic (exact) mass is 727 g/mol. The van der Waals surface area contributed by atoms with Gasteiger partial charge in [-0.15, -0.1) is 0 Å². The highest BCUT2D eigenvalue weighted by atomic mass is 16.4. The molecule has 0 aromatic heterocycles. The summed E-state index contributed by atoms with van der Waals surface area (Å²) in [4.78, 5) is 67.9. The van der Waals surface area contributed by atoms with Crippen LogP contribution in [0.5, 0.6) is 0 Å². The van der Waals surface area contributed by atoms with Crippen LogP contribution in [-0.4, -0.2) is 150 Å². The number of carbonyl (C=O) groups is 5. The molecule has 0 fully saturated rings. The van der Waals surface area contributed by atoms with Gasteiger partial charge in [0, 0.05) is 57.3 Å². The van der Waals surface area contributed by atoms with Crippen molar-refractivity contribution in [2.75, 3.05) is 79.0 Å². The molecule has 2 atom stereocenters. The van der Waals surface area contributed by atoms with E-state index in [0.29, 0.717) is 65.2 Å². The number of rotatable bonds is 28. The minimum atomic E-state index is -1.02. The highest BCUT2D eigenvalue weighted by Gasteiger charge is 2.26. The van der Waals surface area contributed by atoms with E-state index in [0.717, 1.165) is 24.0 Å². The summed E-state index contributed by atoms with van der Waals surface area (Å²) in [5.41, 5.74) is 2.15. The summed E-state index contributed by atoms with van der Waals surface area (Å²) in [5.74, 6) is -3.60. The van der Waals surface area contributed by atoms with E-state index in [1.807, 2.05) is 76.1 Å². The third kappa shape index (κ3) is 20.0. The van der Waals surface area contributed by atoms with Gasteiger partial charge in [0.05, 0.1) is 25.7 Å². The van der Waals surface area contributed by atoms with Gasteiger partial charge < -0.3 is 25.5 Å². The molecular weight excluding hydrogens is 666 g/mol. The second-order valence-electron chi connectivity index (χ2n) is 13.1. The quantitative estimate of drug-likeness (QED) is 0.0685. The molecule has 1 aliphatic carbocycles. The lowest BCUT2D eigenvalue weighted by atomic mass is 9.92. The fourth-order valence-electron chi connectivity index (χ4n) is 5.49. The molecule has 13 nitrogen and oxygen atoms in total. The van der Waals surface area contributed by atoms with Crippen LogP contribution in [0.3, 0.4) is 0 Å². The van der Waals surface area contributed by atoms with Crippen LogP contribution in [0, 0.1) is 5.92 Å². The summed E-state index contributed by atoms with van der Waals surface area (Å²) in [6.45, 7) is 14.3. The maximum absolute atomic E-state index is 13.2. The Bertz CT molecular complexity index is 1350. The molecule has 0 heterocycles. The number of likely N-dealkylation sites (N-methyl/N-ethyl adjacent to an activating group) is 2. The number of aliphatic carboxylic acids is 3. The zero-order valence-corrected chi connectivity index (χ0v) is 31.8. The summed E-state index contributed by atoms with van der Waals surface area (Å²) in [5, 5.41) is 31.0. The van der Waals surface area contributed by atoms with Crippen LogP contribution in [0.1, 0.15) is 53.4 Å². The van der Waals surface area contributed by atoms with Gasteiger partial charge in [0.1, 0.15) is 0 Å². The minimum absolute atomic E-state index is 0.0160. The van der Waals surface area contributed by atoms with Gasteiger partial charge in [-0.1, -0.05) is 76.8 Å². The Morgan fingerprint density at radius 1 is 0.827 bits per heavy atom. The molecule has 52 heavy (non-hydrogen) atoms. The molecule has 290 valence electrons. The molecule has 13 heteroatoms. The SMILES string of the molecule is C=C(/C=C\C(=CCC)CN(C)CCN(CCN(CCN(CC)CC(=O)O)CC(=O)O)CC(=O)O)C(=O)NC(CC1=CCC=CC=C1)C(=O)C(C)CC. The van der Waals surface area contributed by atoms with Crippen molar-refractivity contribution < 1.29 is 39.3 Å². The Morgan fingerprint density at radius 2 is 1.38 bits per heavy atom. The van der Waals surface area contributed by atoms with Crippen molar-refractivity contribution in [2.45, 2.75) is 59.4 Å². The lowest BCUT2D eigenvalue weighted by Gasteiger charge is -2.29. The molecule has 0 spiro atoms. The van der Waals surface area contributed by atoms with Crippen LogP contribution < -0.4 is 5.32 Å². The number of nitrogens with zero attached hydrogens (tertiary/aromatic N) is 4. The number of amides is 1. The molecule has 0 radical (unpaired) electrons. The largest absolute Gasteiger partial charge is 0.480 e. The number of nitrogens with one attached hydrogen (secondary N) is 1. The number of hydrogen-bond donors (Lipinski definition) is 4. The molecule has 1 aliphatic rings. The Kier molecular flexibility index (Phi) is 22.7. The smallest absolute Gasteiger partial charge is 0.317 e. The van der Waals surface area contributed by atoms with Crippen LogP contribution in [0.4, 0.5) is 0 Å². The van der Waals surface area contributed by atoms with Gasteiger partial charge in [-0.2, -0.15) is 0 Å². The fourth-order valence-corrected chi connectivity index (χ4v) is 5.49. The number of carbonyl (C=O) groups excluding carboxylic acids is 2. The first-order valence-electron chi connectivity index (χ1n) is 18.1. The lowest BCUT2D eigenvalue weighted by Crippen LogP contribution is -2.45. The summed E-state index contributed by atoms with van der Waals surface area (Å²) >= 11 is 0. The maximum atomic E-state index is 13.2. The molecule has 0 saturated heterocycles. The molecule has 1 amide bonds. The zero-order chi connectivity index (χ0) is 39.1. The highest BCUT2D eigenvalue weighted by molar-refractivity contribution is 5.99. The van der Waals surface area contributed by atoms with Gasteiger partial charge in [0.15, 0.2) is 5.78 Å². The second-order valence-corrected chi connectivity index (χ2v) is 13.1. The minimum Gasteiger partial charge on any atom is -0.480 e. The van der Waals surface area contributed by atoms with Gasteiger partial charge in [-0.3, -0.25) is 38.7 Å². The first-order valence-corrected chi connectivity index (χ1v) is 18.1.